The number of hydrogen-bond donors (Lipinski definition) is 1. The molecule has 1 aromatic carbocycles. The molecule has 0 aliphatic carbocycles. The first-order valence-corrected chi connectivity index (χ1v) is 4.01. The number of rotatable bonds is 4. The van der Waals surface area contributed by atoms with Gasteiger partial charge in [0.05, 0.1) is 13.5 Å². The van der Waals surface area contributed by atoms with E-state index < -0.39 is 5.97 Å². The lowest BCUT2D eigenvalue weighted by atomic mass is 10.1. The van der Waals surface area contributed by atoms with Crippen LogP contribution in [0.1, 0.15) is 15.9 Å². The molecule has 0 amide bonds. The van der Waals surface area contributed by atoms with Crippen LogP contribution in [0, 0.1) is 0 Å². The van der Waals surface area contributed by atoms with Crippen LogP contribution in [0.5, 0.6) is 5.75 Å². The number of carbonyl (C=O) groups excluding carboxylic acids is 1. The highest BCUT2D eigenvalue weighted by atomic mass is 16.5. The molecule has 4 nitrogen and oxygen atoms in total. The molecule has 14 heavy (non-hydrogen) atoms. The van der Waals surface area contributed by atoms with Gasteiger partial charge in [0.2, 0.25) is 0 Å². The molecule has 74 valence electrons. The van der Waals surface area contributed by atoms with Crippen molar-refractivity contribution in [2.24, 2.45) is 0 Å². The van der Waals surface area contributed by atoms with E-state index in [1.807, 2.05) is 0 Å². The number of carbonyl (C=O) groups is 2. The summed E-state index contributed by atoms with van der Waals surface area (Å²) >= 11 is 0. The smallest absolute Gasteiger partial charge is 0.307 e. The minimum absolute atomic E-state index is 0.109. The Balaban J connectivity index is 3.04. The van der Waals surface area contributed by atoms with Gasteiger partial charge in [0, 0.05) is 11.1 Å². The zero-order chi connectivity index (χ0) is 10.6. The van der Waals surface area contributed by atoms with Crippen LogP contribution in [-0.2, 0) is 11.2 Å². The van der Waals surface area contributed by atoms with Crippen LogP contribution in [0.4, 0.5) is 0 Å². The first kappa shape index (κ1) is 10.2. The molecule has 0 aromatic heterocycles. The lowest BCUT2D eigenvalue weighted by Gasteiger charge is -2.06. The molecule has 0 aliphatic heterocycles. The number of carboxylic acids is 1. The maximum atomic E-state index is 10.5. The van der Waals surface area contributed by atoms with Gasteiger partial charge in [-0.3, -0.25) is 9.59 Å². The van der Waals surface area contributed by atoms with Gasteiger partial charge in [0.1, 0.15) is 12.0 Å². The lowest BCUT2D eigenvalue weighted by molar-refractivity contribution is -0.136. The molecule has 4 heteroatoms. The maximum Gasteiger partial charge on any atom is 0.307 e. The molecule has 0 aliphatic rings. The van der Waals surface area contributed by atoms with Crippen molar-refractivity contribution in [2.45, 2.75) is 6.42 Å². The SMILES string of the molecule is COc1cc(C=O)ccc1CC(=O)O. The van der Waals surface area contributed by atoms with Crippen LogP contribution in [0.25, 0.3) is 0 Å². The molecule has 0 radical (unpaired) electrons. The maximum absolute atomic E-state index is 10.5. The minimum Gasteiger partial charge on any atom is -0.496 e. The minimum atomic E-state index is -0.929. The number of hydrogen-bond acceptors (Lipinski definition) is 3. The van der Waals surface area contributed by atoms with E-state index in [4.69, 9.17) is 9.84 Å². The monoisotopic (exact) mass is 194 g/mol. The largest absolute Gasteiger partial charge is 0.496 e. The number of benzene rings is 1. The van der Waals surface area contributed by atoms with Crippen LogP contribution < -0.4 is 4.74 Å². The molecule has 0 unspecified atom stereocenters. The molecule has 0 saturated heterocycles. The first-order chi connectivity index (χ1) is 6.67. The average Bonchev–Trinajstić information content (AvgIpc) is 2.17. The van der Waals surface area contributed by atoms with E-state index in [2.05, 4.69) is 0 Å². The average molecular weight is 194 g/mol. The molecule has 0 saturated carbocycles. The van der Waals surface area contributed by atoms with Crippen molar-refractivity contribution < 1.29 is 19.4 Å². The van der Waals surface area contributed by atoms with E-state index in [1.54, 1.807) is 12.1 Å². The third-order valence-corrected chi connectivity index (χ3v) is 1.79. The van der Waals surface area contributed by atoms with Gasteiger partial charge < -0.3 is 9.84 Å². The van der Waals surface area contributed by atoms with Crippen LogP contribution in [-0.4, -0.2) is 24.5 Å². The fourth-order valence-electron chi connectivity index (χ4n) is 1.14. The third kappa shape index (κ3) is 2.32. The highest BCUT2D eigenvalue weighted by Crippen LogP contribution is 2.19. The quantitative estimate of drug-likeness (QED) is 0.730. The molecule has 0 atom stereocenters. The van der Waals surface area contributed by atoms with Crippen molar-refractivity contribution in [3.63, 3.8) is 0 Å². The molecule has 0 bridgehead atoms. The summed E-state index contributed by atoms with van der Waals surface area (Å²) < 4.78 is 4.97. The second kappa shape index (κ2) is 4.41. The summed E-state index contributed by atoms with van der Waals surface area (Å²) in [6.45, 7) is 0. The van der Waals surface area contributed by atoms with E-state index >= 15 is 0 Å². The number of aldehydes is 1. The molecular weight excluding hydrogens is 184 g/mol. The molecular formula is C10H10O4. The van der Waals surface area contributed by atoms with Crippen molar-refractivity contribution in [2.75, 3.05) is 7.11 Å². The number of aliphatic carboxylic acids is 1. The Morgan fingerprint density at radius 3 is 2.79 bits per heavy atom. The van der Waals surface area contributed by atoms with Crippen LogP contribution >= 0.6 is 0 Å². The zero-order valence-corrected chi connectivity index (χ0v) is 7.69. The van der Waals surface area contributed by atoms with Gasteiger partial charge in [0.15, 0.2) is 0 Å². The van der Waals surface area contributed by atoms with Crippen molar-refractivity contribution in [3.05, 3.63) is 29.3 Å². The second-order valence-electron chi connectivity index (χ2n) is 2.76. The molecule has 0 spiro atoms. The predicted molar refractivity (Wildman–Crippen MR) is 49.7 cm³/mol. The van der Waals surface area contributed by atoms with Crippen LogP contribution in [0.15, 0.2) is 18.2 Å². The van der Waals surface area contributed by atoms with Crippen LogP contribution in [0.2, 0.25) is 0 Å². The molecule has 0 heterocycles. The summed E-state index contributed by atoms with van der Waals surface area (Å²) in [7, 11) is 1.44. The summed E-state index contributed by atoms with van der Waals surface area (Å²) in [4.78, 5) is 20.9. The van der Waals surface area contributed by atoms with E-state index in [9.17, 15) is 9.59 Å². The zero-order valence-electron chi connectivity index (χ0n) is 7.69. The van der Waals surface area contributed by atoms with E-state index in [1.165, 1.54) is 13.2 Å². The van der Waals surface area contributed by atoms with Gasteiger partial charge >= 0.3 is 5.97 Å². The van der Waals surface area contributed by atoms with E-state index in [0.717, 1.165) is 0 Å². The lowest BCUT2D eigenvalue weighted by Crippen LogP contribution is -2.02. The van der Waals surface area contributed by atoms with Gasteiger partial charge in [-0.05, 0) is 6.07 Å². The number of methoxy groups -OCH3 is 1. The first-order valence-electron chi connectivity index (χ1n) is 4.01. The van der Waals surface area contributed by atoms with Gasteiger partial charge in [-0.15, -0.1) is 0 Å². The molecule has 0 fully saturated rings. The topological polar surface area (TPSA) is 63.6 Å². The van der Waals surface area contributed by atoms with Crippen molar-refractivity contribution in [1.29, 1.82) is 0 Å². The van der Waals surface area contributed by atoms with Gasteiger partial charge in [-0.2, -0.15) is 0 Å². The van der Waals surface area contributed by atoms with Crippen molar-refractivity contribution in [1.82, 2.24) is 0 Å². The highest BCUT2D eigenvalue weighted by Gasteiger charge is 2.07. The Labute approximate surface area is 81.1 Å². The Bertz CT molecular complexity index is 357. The molecule has 1 rings (SSSR count). The highest BCUT2D eigenvalue weighted by molar-refractivity contribution is 5.77. The van der Waals surface area contributed by atoms with Crippen LogP contribution in [0.3, 0.4) is 0 Å². The van der Waals surface area contributed by atoms with Gasteiger partial charge in [0.25, 0.3) is 0 Å². The Morgan fingerprint density at radius 2 is 2.29 bits per heavy atom. The molecule has 1 N–H and O–H groups in total. The number of ether oxygens (including phenoxy) is 1. The second-order valence-corrected chi connectivity index (χ2v) is 2.76. The fraction of sp³-hybridized carbons (Fsp3) is 0.200. The van der Waals surface area contributed by atoms with Crippen molar-refractivity contribution >= 4 is 12.3 Å². The summed E-state index contributed by atoms with van der Waals surface area (Å²) in [5.74, 6) is -0.501. The van der Waals surface area contributed by atoms with Crippen molar-refractivity contribution in [3.8, 4) is 5.75 Å². The summed E-state index contributed by atoms with van der Waals surface area (Å²) in [6.07, 6.45) is 0.579. The predicted octanol–water partition coefficient (Wildman–Crippen LogP) is 1.13. The Morgan fingerprint density at radius 1 is 1.57 bits per heavy atom. The summed E-state index contributed by atoms with van der Waals surface area (Å²) in [5, 5.41) is 8.59. The normalized spacial score (nSPS) is 9.50. The molecule has 1 aromatic rings. The van der Waals surface area contributed by atoms with Gasteiger partial charge in [-0.1, -0.05) is 12.1 Å². The standard InChI is InChI=1S/C10H10O4/c1-14-9-4-7(6-11)2-3-8(9)5-10(12)13/h2-4,6H,5H2,1H3,(H,12,13). The fourth-order valence-corrected chi connectivity index (χ4v) is 1.14. The third-order valence-electron chi connectivity index (χ3n) is 1.79. The van der Waals surface area contributed by atoms with E-state index in [-0.39, 0.29) is 6.42 Å². The summed E-state index contributed by atoms with van der Waals surface area (Å²) in [5.41, 5.74) is 1.03. The Kier molecular flexibility index (Phi) is 3.23. The van der Waals surface area contributed by atoms with Gasteiger partial charge in [-0.25, -0.2) is 0 Å². The van der Waals surface area contributed by atoms with E-state index in [0.29, 0.717) is 23.2 Å². The number of carboxylic acid groups (broad SMARTS) is 1. The Hall–Kier alpha value is -1.84. The summed E-state index contributed by atoms with van der Waals surface area (Å²) in [6, 6.07) is 4.66.